The number of benzene rings is 1. The molecule has 0 radical (unpaired) electrons. The van der Waals surface area contributed by atoms with Gasteiger partial charge in [0.2, 0.25) is 0 Å². The summed E-state index contributed by atoms with van der Waals surface area (Å²) in [6.07, 6.45) is 0.120. The van der Waals surface area contributed by atoms with Crippen molar-refractivity contribution in [3.63, 3.8) is 0 Å². The number of carbonyl (C=O) groups excluding carboxylic acids is 1. The molecule has 0 atom stereocenters. The van der Waals surface area contributed by atoms with Crippen LogP contribution in [0.25, 0.3) is 11.3 Å². The van der Waals surface area contributed by atoms with Crippen LogP contribution in [0.1, 0.15) is 31.7 Å². The highest BCUT2D eigenvalue weighted by atomic mass is 32.1. The molecular weight excluding hydrogens is 443 g/mol. The Kier molecular flexibility index (Phi) is 7.68. The number of halogens is 3. The minimum atomic E-state index is -4.66. The number of anilines is 2. The number of unbranched alkanes of at least 4 members (excludes halogenated alkanes) is 2. The van der Waals surface area contributed by atoms with E-state index in [2.05, 4.69) is 9.97 Å². The maximum atomic E-state index is 13.7. The lowest BCUT2D eigenvalue weighted by Crippen LogP contribution is -2.26. The van der Waals surface area contributed by atoms with Gasteiger partial charge in [-0.2, -0.15) is 13.2 Å². The second kappa shape index (κ2) is 10.4. The minimum absolute atomic E-state index is 0.0271. The standard InChI is InChI=1S/C22H22F3N3O3S/c1-3-4-5-12-31-19-7-6-16(13-17(19)22(23,24)25)28(21(29)30-2)20-27-18(14-32-20)15-8-10-26-11-9-15/h6-11,13-14H,3-5,12H2,1-2H3. The first-order valence-corrected chi connectivity index (χ1v) is 10.8. The van der Waals surface area contributed by atoms with Gasteiger partial charge in [-0.05, 0) is 36.8 Å². The van der Waals surface area contributed by atoms with E-state index in [0.29, 0.717) is 12.1 Å². The molecule has 0 bridgehead atoms. The Labute approximate surface area is 187 Å². The largest absolute Gasteiger partial charge is 0.493 e. The highest BCUT2D eigenvalue weighted by Gasteiger charge is 2.36. The zero-order valence-electron chi connectivity index (χ0n) is 17.6. The molecule has 0 N–H and O–H groups in total. The second-order valence-corrected chi connectivity index (χ2v) is 7.63. The van der Waals surface area contributed by atoms with Gasteiger partial charge in [-0.15, -0.1) is 11.3 Å². The molecule has 10 heteroatoms. The van der Waals surface area contributed by atoms with E-state index in [4.69, 9.17) is 9.47 Å². The third-order valence-electron chi connectivity index (χ3n) is 4.55. The summed E-state index contributed by atoms with van der Waals surface area (Å²) < 4.78 is 51.4. The molecule has 0 spiro atoms. The predicted octanol–water partition coefficient (Wildman–Crippen LogP) is 6.70. The molecule has 0 unspecified atom stereocenters. The van der Waals surface area contributed by atoms with Crippen LogP contribution in [0.5, 0.6) is 5.75 Å². The topological polar surface area (TPSA) is 64.5 Å². The Balaban J connectivity index is 1.97. The Bertz CT molecular complexity index is 1040. The Morgan fingerprint density at radius 2 is 1.91 bits per heavy atom. The monoisotopic (exact) mass is 465 g/mol. The van der Waals surface area contributed by atoms with Crippen molar-refractivity contribution < 1.29 is 27.4 Å². The van der Waals surface area contributed by atoms with Gasteiger partial charge in [0.15, 0.2) is 5.13 Å². The number of hydrogen-bond acceptors (Lipinski definition) is 6. The van der Waals surface area contributed by atoms with Crippen molar-refractivity contribution >= 4 is 28.2 Å². The summed E-state index contributed by atoms with van der Waals surface area (Å²) in [6.45, 7) is 2.18. The smallest absolute Gasteiger partial charge is 0.420 e. The van der Waals surface area contributed by atoms with E-state index in [0.717, 1.165) is 47.8 Å². The molecule has 3 aromatic rings. The Morgan fingerprint density at radius 3 is 2.56 bits per heavy atom. The van der Waals surface area contributed by atoms with Crippen LogP contribution in [-0.4, -0.2) is 29.8 Å². The molecule has 0 aliphatic rings. The molecule has 0 aliphatic heterocycles. The number of methoxy groups -OCH3 is 1. The van der Waals surface area contributed by atoms with Gasteiger partial charge in [-0.25, -0.2) is 14.7 Å². The predicted molar refractivity (Wildman–Crippen MR) is 116 cm³/mol. The number of amides is 1. The average Bonchev–Trinajstić information content (AvgIpc) is 3.27. The van der Waals surface area contributed by atoms with E-state index in [1.807, 2.05) is 6.92 Å². The lowest BCUT2D eigenvalue weighted by atomic mass is 10.1. The van der Waals surface area contributed by atoms with E-state index in [-0.39, 0.29) is 23.2 Å². The Morgan fingerprint density at radius 1 is 1.16 bits per heavy atom. The van der Waals surface area contributed by atoms with E-state index in [1.165, 1.54) is 12.1 Å². The van der Waals surface area contributed by atoms with Crippen molar-refractivity contribution in [1.82, 2.24) is 9.97 Å². The molecule has 0 saturated heterocycles. The van der Waals surface area contributed by atoms with E-state index in [1.54, 1.807) is 29.9 Å². The van der Waals surface area contributed by atoms with Crippen molar-refractivity contribution in [3.8, 4) is 17.0 Å². The molecule has 2 aromatic heterocycles. The van der Waals surface area contributed by atoms with Crippen molar-refractivity contribution in [2.45, 2.75) is 32.4 Å². The van der Waals surface area contributed by atoms with Crippen LogP contribution < -0.4 is 9.64 Å². The SMILES string of the molecule is CCCCCOc1ccc(N(C(=O)OC)c2nc(-c3ccncc3)cs2)cc1C(F)(F)F. The van der Waals surface area contributed by atoms with E-state index >= 15 is 0 Å². The van der Waals surface area contributed by atoms with Crippen molar-refractivity contribution in [3.05, 3.63) is 53.7 Å². The Hall–Kier alpha value is -3.14. The molecular formula is C22H22F3N3O3S. The highest BCUT2D eigenvalue weighted by molar-refractivity contribution is 7.14. The number of alkyl halides is 3. The number of nitrogens with zero attached hydrogens (tertiary/aromatic N) is 3. The van der Waals surface area contributed by atoms with Crippen LogP contribution in [0.3, 0.4) is 0 Å². The van der Waals surface area contributed by atoms with Gasteiger partial charge >= 0.3 is 12.3 Å². The maximum absolute atomic E-state index is 13.7. The van der Waals surface area contributed by atoms with Gasteiger partial charge in [0.25, 0.3) is 0 Å². The third-order valence-corrected chi connectivity index (χ3v) is 5.37. The fourth-order valence-electron chi connectivity index (χ4n) is 2.95. The van der Waals surface area contributed by atoms with Crippen LogP contribution in [0.2, 0.25) is 0 Å². The number of pyridine rings is 1. The zero-order valence-corrected chi connectivity index (χ0v) is 18.4. The number of carbonyl (C=O) groups is 1. The van der Waals surface area contributed by atoms with Crippen LogP contribution in [0.4, 0.5) is 28.8 Å². The summed E-state index contributed by atoms with van der Waals surface area (Å²) in [5.41, 5.74) is 0.333. The minimum Gasteiger partial charge on any atom is -0.493 e. The number of aromatic nitrogens is 2. The molecule has 170 valence electrons. The van der Waals surface area contributed by atoms with Gasteiger partial charge in [-0.1, -0.05) is 19.8 Å². The van der Waals surface area contributed by atoms with Crippen LogP contribution in [-0.2, 0) is 10.9 Å². The van der Waals surface area contributed by atoms with Crippen molar-refractivity contribution in [1.29, 1.82) is 0 Å². The van der Waals surface area contributed by atoms with Crippen LogP contribution >= 0.6 is 11.3 Å². The molecule has 6 nitrogen and oxygen atoms in total. The second-order valence-electron chi connectivity index (χ2n) is 6.79. The maximum Gasteiger partial charge on any atom is 0.420 e. The number of thiazole rings is 1. The van der Waals surface area contributed by atoms with Gasteiger partial charge < -0.3 is 9.47 Å². The summed E-state index contributed by atoms with van der Waals surface area (Å²) in [5.74, 6) is -0.279. The summed E-state index contributed by atoms with van der Waals surface area (Å²) in [7, 11) is 1.16. The van der Waals surface area contributed by atoms with Crippen molar-refractivity contribution in [2.24, 2.45) is 0 Å². The molecule has 3 rings (SSSR count). The quantitative estimate of drug-likeness (QED) is 0.347. The van der Waals surface area contributed by atoms with Crippen molar-refractivity contribution in [2.75, 3.05) is 18.6 Å². The summed E-state index contributed by atoms with van der Waals surface area (Å²) in [4.78, 5) is 21.9. The first-order chi connectivity index (χ1) is 15.3. The van der Waals surface area contributed by atoms with Crippen LogP contribution in [0, 0.1) is 0 Å². The first-order valence-electron chi connectivity index (χ1n) is 9.93. The molecule has 1 aromatic carbocycles. The van der Waals surface area contributed by atoms with Crippen LogP contribution in [0.15, 0.2) is 48.1 Å². The van der Waals surface area contributed by atoms with Gasteiger partial charge in [-0.3, -0.25) is 4.98 Å². The molecule has 0 saturated carbocycles. The lowest BCUT2D eigenvalue weighted by Gasteiger charge is -2.21. The third kappa shape index (κ3) is 5.56. The van der Waals surface area contributed by atoms with Gasteiger partial charge in [0.1, 0.15) is 5.75 Å². The molecule has 1 amide bonds. The molecule has 0 fully saturated rings. The summed E-state index contributed by atoms with van der Waals surface area (Å²) in [5, 5.41) is 1.88. The first kappa shape index (κ1) is 23.5. The molecule has 2 heterocycles. The van der Waals surface area contributed by atoms with Gasteiger partial charge in [0.05, 0.1) is 30.7 Å². The highest BCUT2D eigenvalue weighted by Crippen LogP contribution is 2.41. The number of ether oxygens (including phenoxy) is 2. The molecule has 0 aliphatic carbocycles. The van der Waals surface area contributed by atoms with E-state index in [9.17, 15) is 18.0 Å². The fraction of sp³-hybridized carbons (Fsp3) is 0.318. The van der Waals surface area contributed by atoms with E-state index < -0.39 is 17.8 Å². The molecule has 32 heavy (non-hydrogen) atoms. The normalized spacial score (nSPS) is 11.3. The average molecular weight is 465 g/mol. The number of rotatable bonds is 8. The zero-order chi connectivity index (χ0) is 23.1. The van der Waals surface area contributed by atoms with Gasteiger partial charge in [0, 0.05) is 23.3 Å². The summed E-state index contributed by atoms with van der Waals surface area (Å²) >= 11 is 1.11. The fourth-order valence-corrected chi connectivity index (χ4v) is 3.79. The summed E-state index contributed by atoms with van der Waals surface area (Å²) in [6, 6.07) is 6.97. The number of hydrogen-bond donors (Lipinski definition) is 0. The lowest BCUT2D eigenvalue weighted by molar-refractivity contribution is -0.138.